The third-order valence-electron chi connectivity index (χ3n) is 2.84. The van der Waals surface area contributed by atoms with Gasteiger partial charge in [0.1, 0.15) is 0 Å². The van der Waals surface area contributed by atoms with Crippen molar-refractivity contribution in [1.29, 1.82) is 0 Å². The first-order valence-corrected chi connectivity index (χ1v) is 7.88. The van der Waals surface area contributed by atoms with Crippen molar-refractivity contribution in [2.24, 2.45) is 0 Å². The van der Waals surface area contributed by atoms with Crippen molar-refractivity contribution in [3.63, 3.8) is 0 Å². The molecule has 4 heteroatoms. The van der Waals surface area contributed by atoms with E-state index in [2.05, 4.69) is 39.3 Å². The van der Waals surface area contributed by atoms with Gasteiger partial charge in [-0.1, -0.05) is 6.07 Å². The molecule has 0 radical (unpaired) electrons. The number of hydrogen-bond donors (Lipinski definition) is 1. The first kappa shape index (κ1) is 12.5. The third-order valence-corrected chi connectivity index (χ3v) is 4.69. The zero-order valence-corrected chi connectivity index (χ0v) is 12.0. The summed E-state index contributed by atoms with van der Waals surface area (Å²) in [4.78, 5) is 6.74. The highest BCUT2D eigenvalue weighted by Gasteiger charge is 2.03. The van der Waals surface area contributed by atoms with Crippen molar-refractivity contribution in [1.82, 2.24) is 10.3 Å². The summed E-state index contributed by atoms with van der Waals surface area (Å²) in [6.45, 7) is 1.80. The Morgan fingerprint density at radius 3 is 2.74 bits per heavy atom. The Kier molecular flexibility index (Phi) is 4.03. The second-order valence-electron chi connectivity index (χ2n) is 4.24. The molecule has 0 aliphatic rings. The van der Waals surface area contributed by atoms with Crippen LogP contribution in [-0.4, -0.2) is 4.98 Å². The van der Waals surface area contributed by atoms with Crippen LogP contribution in [0.4, 0.5) is 0 Å². The molecule has 0 aliphatic heterocycles. The van der Waals surface area contributed by atoms with E-state index in [-0.39, 0.29) is 0 Å². The SMILES string of the molecule is c1csc(-c2csc(CNCc3ccncc3)c2)c1. The van der Waals surface area contributed by atoms with Gasteiger partial charge in [-0.05, 0) is 40.6 Å². The number of pyridine rings is 1. The molecule has 2 nitrogen and oxygen atoms in total. The topological polar surface area (TPSA) is 24.9 Å². The minimum absolute atomic E-state index is 0.884. The Bertz CT molecular complexity index is 615. The number of aromatic nitrogens is 1. The number of rotatable bonds is 5. The van der Waals surface area contributed by atoms with Gasteiger partial charge in [0.05, 0.1) is 0 Å². The largest absolute Gasteiger partial charge is 0.308 e. The van der Waals surface area contributed by atoms with Crippen LogP contribution < -0.4 is 5.32 Å². The average molecular weight is 286 g/mol. The molecule has 0 fully saturated rings. The number of nitrogens with zero attached hydrogens (tertiary/aromatic N) is 1. The Hall–Kier alpha value is -1.49. The highest BCUT2D eigenvalue weighted by molar-refractivity contribution is 7.14. The second-order valence-corrected chi connectivity index (χ2v) is 6.18. The maximum absolute atomic E-state index is 4.02. The van der Waals surface area contributed by atoms with Crippen molar-refractivity contribution >= 4 is 22.7 Å². The first-order chi connectivity index (χ1) is 9.42. The number of hydrogen-bond acceptors (Lipinski definition) is 4. The Morgan fingerprint density at radius 1 is 1.05 bits per heavy atom. The Morgan fingerprint density at radius 2 is 1.95 bits per heavy atom. The van der Waals surface area contributed by atoms with Gasteiger partial charge >= 0.3 is 0 Å². The van der Waals surface area contributed by atoms with E-state index in [0.717, 1.165) is 13.1 Å². The lowest BCUT2D eigenvalue weighted by Crippen LogP contribution is -2.11. The van der Waals surface area contributed by atoms with E-state index in [0.29, 0.717) is 0 Å². The fraction of sp³-hybridized carbons (Fsp3) is 0.133. The third kappa shape index (κ3) is 3.29. The van der Waals surface area contributed by atoms with Gasteiger partial charge < -0.3 is 5.32 Å². The molecule has 3 aromatic heterocycles. The van der Waals surface area contributed by atoms with Gasteiger partial charge in [0.25, 0.3) is 0 Å². The van der Waals surface area contributed by atoms with Crippen molar-refractivity contribution in [2.45, 2.75) is 13.1 Å². The van der Waals surface area contributed by atoms with Gasteiger partial charge in [0, 0.05) is 40.8 Å². The quantitative estimate of drug-likeness (QED) is 0.761. The Balaban J connectivity index is 1.56. The summed E-state index contributed by atoms with van der Waals surface area (Å²) in [7, 11) is 0. The van der Waals surface area contributed by atoms with Crippen molar-refractivity contribution in [2.75, 3.05) is 0 Å². The van der Waals surface area contributed by atoms with Crippen molar-refractivity contribution in [3.05, 3.63) is 63.9 Å². The smallest absolute Gasteiger partial charge is 0.0351 e. The van der Waals surface area contributed by atoms with Crippen LogP contribution in [0.5, 0.6) is 0 Å². The molecule has 0 saturated heterocycles. The van der Waals surface area contributed by atoms with Crippen LogP contribution >= 0.6 is 22.7 Å². The fourth-order valence-electron chi connectivity index (χ4n) is 1.88. The van der Waals surface area contributed by atoms with Crippen LogP contribution in [0.25, 0.3) is 10.4 Å². The van der Waals surface area contributed by atoms with E-state index < -0.39 is 0 Å². The minimum atomic E-state index is 0.884. The lowest BCUT2D eigenvalue weighted by Gasteiger charge is -2.02. The molecule has 0 amide bonds. The molecule has 3 heterocycles. The summed E-state index contributed by atoms with van der Waals surface area (Å²) < 4.78 is 0. The molecule has 0 aliphatic carbocycles. The van der Waals surface area contributed by atoms with Gasteiger partial charge in [-0.25, -0.2) is 0 Å². The van der Waals surface area contributed by atoms with E-state index in [1.807, 2.05) is 35.9 Å². The number of nitrogens with one attached hydrogen (secondary N) is 1. The highest BCUT2D eigenvalue weighted by Crippen LogP contribution is 2.29. The van der Waals surface area contributed by atoms with Gasteiger partial charge in [-0.3, -0.25) is 4.98 Å². The lowest BCUT2D eigenvalue weighted by atomic mass is 10.2. The molecular weight excluding hydrogens is 272 g/mol. The van der Waals surface area contributed by atoms with E-state index in [1.54, 1.807) is 11.3 Å². The molecule has 0 bridgehead atoms. The molecule has 3 rings (SSSR count). The van der Waals surface area contributed by atoms with Gasteiger partial charge in [-0.2, -0.15) is 0 Å². The molecule has 0 unspecified atom stereocenters. The molecule has 0 aromatic carbocycles. The fourth-order valence-corrected chi connectivity index (χ4v) is 3.52. The summed E-state index contributed by atoms with van der Waals surface area (Å²) in [5, 5.41) is 7.81. The van der Waals surface area contributed by atoms with E-state index >= 15 is 0 Å². The van der Waals surface area contributed by atoms with Crippen molar-refractivity contribution < 1.29 is 0 Å². The van der Waals surface area contributed by atoms with Crippen LogP contribution in [0.2, 0.25) is 0 Å². The maximum Gasteiger partial charge on any atom is 0.0351 e. The zero-order valence-electron chi connectivity index (χ0n) is 10.4. The summed E-state index contributed by atoms with van der Waals surface area (Å²) in [5.74, 6) is 0. The van der Waals surface area contributed by atoms with Crippen LogP contribution in [0.15, 0.2) is 53.5 Å². The number of thiophene rings is 2. The van der Waals surface area contributed by atoms with Gasteiger partial charge in [0.15, 0.2) is 0 Å². The molecule has 19 heavy (non-hydrogen) atoms. The van der Waals surface area contributed by atoms with Crippen LogP contribution in [-0.2, 0) is 13.1 Å². The molecular formula is C15H14N2S2. The molecule has 3 aromatic rings. The zero-order chi connectivity index (χ0) is 12.9. The predicted octanol–water partition coefficient (Wildman–Crippen LogP) is 4.16. The van der Waals surface area contributed by atoms with E-state index in [9.17, 15) is 0 Å². The summed E-state index contributed by atoms with van der Waals surface area (Å²) in [6, 6.07) is 10.6. The van der Waals surface area contributed by atoms with Crippen LogP contribution in [0, 0.1) is 0 Å². The normalized spacial score (nSPS) is 10.7. The Labute approximate surface area is 120 Å². The van der Waals surface area contributed by atoms with E-state index in [4.69, 9.17) is 0 Å². The molecule has 1 N–H and O–H groups in total. The maximum atomic E-state index is 4.02. The first-order valence-electron chi connectivity index (χ1n) is 6.13. The van der Waals surface area contributed by atoms with Gasteiger partial charge in [0.2, 0.25) is 0 Å². The summed E-state index contributed by atoms with van der Waals surface area (Å²) in [6.07, 6.45) is 3.66. The standard InChI is InChI=1S/C15H14N2S2/c1-2-15(18-7-1)13-8-14(19-11-13)10-17-9-12-3-5-16-6-4-12/h1-8,11,17H,9-10H2. The lowest BCUT2D eigenvalue weighted by molar-refractivity contribution is 0.700. The molecule has 0 spiro atoms. The monoisotopic (exact) mass is 286 g/mol. The van der Waals surface area contributed by atoms with E-state index in [1.165, 1.54) is 20.9 Å². The summed E-state index contributed by atoms with van der Waals surface area (Å²) in [5.41, 5.74) is 2.60. The van der Waals surface area contributed by atoms with Crippen molar-refractivity contribution in [3.8, 4) is 10.4 Å². The second kappa shape index (κ2) is 6.10. The minimum Gasteiger partial charge on any atom is -0.308 e. The van der Waals surface area contributed by atoms with Crippen LogP contribution in [0.1, 0.15) is 10.4 Å². The molecule has 0 saturated carbocycles. The average Bonchev–Trinajstić information content (AvgIpc) is 3.10. The van der Waals surface area contributed by atoms with Crippen LogP contribution in [0.3, 0.4) is 0 Å². The predicted molar refractivity (Wildman–Crippen MR) is 82.4 cm³/mol. The van der Waals surface area contributed by atoms with Gasteiger partial charge in [-0.15, -0.1) is 22.7 Å². The molecule has 0 atom stereocenters. The molecule has 96 valence electrons. The summed E-state index contributed by atoms with van der Waals surface area (Å²) >= 11 is 3.60. The highest BCUT2D eigenvalue weighted by atomic mass is 32.1.